The number of nitrogens with one attached hydrogen (secondary N) is 1. The second-order valence-corrected chi connectivity index (χ2v) is 5.58. The predicted molar refractivity (Wildman–Crippen MR) is 75.9 cm³/mol. The third-order valence-corrected chi connectivity index (χ3v) is 4.60. The summed E-state index contributed by atoms with van der Waals surface area (Å²) in [5.41, 5.74) is 0.884. The van der Waals surface area contributed by atoms with Crippen LogP contribution in [0.2, 0.25) is 0 Å². The molecule has 3 rings (SSSR count). The van der Waals surface area contributed by atoms with Crippen LogP contribution in [0.3, 0.4) is 0 Å². The summed E-state index contributed by atoms with van der Waals surface area (Å²) in [4.78, 5) is 8.67. The molecule has 0 bridgehead atoms. The van der Waals surface area contributed by atoms with E-state index in [0.29, 0.717) is 12.0 Å². The van der Waals surface area contributed by atoms with Gasteiger partial charge in [-0.15, -0.1) is 0 Å². The van der Waals surface area contributed by atoms with E-state index in [-0.39, 0.29) is 0 Å². The Morgan fingerprint density at radius 2 is 2.21 bits per heavy atom. The fourth-order valence-corrected chi connectivity index (χ4v) is 3.28. The molecule has 5 nitrogen and oxygen atoms in total. The zero-order valence-corrected chi connectivity index (χ0v) is 11.8. The molecule has 1 N–H and O–H groups in total. The maximum atomic E-state index is 4.39. The first-order valence-corrected chi connectivity index (χ1v) is 7.10. The highest BCUT2D eigenvalue weighted by atomic mass is 15.3. The lowest BCUT2D eigenvalue weighted by Crippen LogP contribution is -2.25. The molecular formula is C14H21N5. The van der Waals surface area contributed by atoms with Crippen molar-refractivity contribution < 1.29 is 0 Å². The van der Waals surface area contributed by atoms with E-state index in [4.69, 9.17) is 0 Å². The number of aromatic nitrogens is 4. The molecule has 3 atom stereocenters. The lowest BCUT2D eigenvalue weighted by molar-refractivity contribution is 0.391. The van der Waals surface area contributed by atoms with Crippen LogP contribution in [-0.4, -0.2) is 25.8 Å². The Kier molecular flexibility index (Phi) is 3.12. The van der Waals surface area contributed by atoms with Gasteiger partial charge in [-0.2, -0.15) is 5.10 Å². The minimum Gasteiger partial charge on any atom is -0.366 e. The molecule has 2 aromatic heterocycles. The number of nitrogens with zero attached hydrogens (tertiary/aromatic N) is 4. The number of rotatable bonds is 3. The molecule has 1 aliphatic rings. The minimum atomic E-state index is 0.517. The van der Waals surface area contributed by atoms with Gasteiger partial charge >= 0.3 is 0 Å². The number of anilines is 1. The third kappa shape index (κ3) is 2.07. The molecular weight excluding hydrogens is 238 g/mol. The van der Waals surface area contributed by atoms with Crippen molar-refractivity contribution in [3.63, 3.8) is 0 Å². The topological polar surface area (TPSA) is 55.6 Å². The quantitative estimate of drug-likeness (QED) is 0.920. The Morgan fingerprint density at radius 1 is 1.37 bits per heavy atom. The summed E-state index contributed by atoms with van der Waals surface area (Å²) in [6, 6.07) is 0.517. The van der Waals surface area contributed by atoms with E-state index in [1.165, 1.54) is 19.3 Å². The van der Waals surface area contributed by atoms with E-state index < -0.39 is 0 Å². The Morgan fingerprint density at radius 3 is 2.95 bits per heavy atom. The van der Waals surface area contributed by atoms with Crippen LogP contribution in [0, 0.1) is 11.8 Å². The molecule has 1 saturated carbocycles. The summed E-state index contributed by atoms with van der Waals surface area (Å²) in [6.45, 7) is 4.63. The van der Waals surface area contributed by atoms with Crippen molar-refractivity contribution in [2.75, 3.05) is 5.32 Å². The normalized spacial score (nSPS) is 27.0. The van der Waals surface area contributed by atoms with Crippen LogP contribution in [0.15, 0.2) is 12.5 Å². The van der Waals surface area contributed by atoms with Gasteiger partial charge in [-0.1, -0.05) is 20.3 Å². The van der Waals surface area contributed by atoms with Crippen LogP contribution in [0.25, 0.3) is 11.0 Å². The first-order valence-electron chi connectivity index (χ1n) is 7.10. The molecule has 1 fully saturated rings. The molecule has 5 heteroatoms. The van der Waals surface area contributed by atoms with Crippen molar-refractivity contribution in [2.24, 2.45) is 18.9 Å². The smallest absolute Gasteiger partial charge is 0.163 e. The average Bonchev–Trinajstić information content (AvgIpc) is 2.96. The van der Waals surface area contributed by atoms with E-state index in [1.54, 1.807) is 11.0 Å². The molecule has 2 heterocycles. The van der Waals surface area contributed by atoms with Crippen molar-refractivity contribution in [1.82, 2.24) is 19.7 Å². The third-order valence-electron chi connectivity index (χ3n) is 4.60. The maximum Gasteiger partial charge on any atom is 0.163 e. The van der Waals surface area contributed by atoms with Gasteiger partial charge in [-0.3, -0.25) is 4.68 Å². The second kappa shape index (κ2) is 4.79. The second-order valence-electron chi connectivity index (χ2n) is 5.58. The van der Waals surface area contributed by atoms with Crippen LogP contribution < -0.4 is 5.32 Å². The Hall–Kier alpha value is -1.65. The summed E-state index contributed by atoms with van der Waals surface area (Å²) < 4.78 is 1.79. The Balaban J connectivity index is 1.86. The number of hydrogen-bond acceptors (Lipinski definition) is 4. The monoisotopic (exact) mass is 259 g/mol. The van der Waals surface area contributed by atoms with E-state index in [0.717, 1.165) is 22.8 Å². The molecule has 0 aliphatic heterocycles. The first kappa shape index (κ1) is 12.4. The van der Waals surface area contributed by atoms with E-state index in [9.17, 15) is 0 Å². The van der Waals surface area contributed by atoms with Crippen molar-refractivity contribution in [2.45, 2.75) is 39.2 Å². The highest BCUT2D eigenvalue weighted by molar-refractivity contribution is 5.86. The van der Waals surface area contributed by atoms with Gasteiger partial charge in [-0.05, 0) is 24.7 Å². The van der Waals surface area contributed by atoms with Gasteiger partial charge in [0.25, 0.3) is 0 Å². The molecule has 0 radical (unpaired) electrons. The van der Waals surface area contributed by atoms with Crippen LogP contribution in [0.4, 0.5) is 5.82 Å². The van der Waals surface area contributed by atoms with Gasteiger partial charge in [0.1, 0.15) is 12.1 Å². The zero-order valence-electron chi connectivity index (χ0n) is 11.8. The summed E-state index contributed by atoms with van der Waals surface area (Å²) in [6.07, 6.45) is 7.27. The molecule has 19 heavy (non-hydrogen) atoms. The lowest BCUT2D eigenvalue weighted by atomic mass is 9.93. The van der Waals surface area contributed by atoms with Gasteiger partial charge in [-0.25, -0.2) is 9.97 Å². The fourth-order valence-electron chi connectivity index (χ4n) is 3.28. The van der Waals surface area contributed by atoms with Gasteiger partial charge in [0, 0.05) is 13.1 Å². The van der Waals surface area contributed by atoms with Crippen molar-refractivity contribution in [3.05, 3.63) is 12.5 Å². The highest BCUT2D eigenvalue weighted by Gasteiger charge is 2.31. The van der Waals surface area contributed by atoms with Crippen molar-refractivity contribution in [3.8, 4) is 0 Å². The van der Waals surface area contributed by atoms with Gasteiger partial charge in [0.05, 0.1) is 11.6 Å². The largest absolute Gasteiger partial charge is 0.366 e. The Bertz CT molecular complexity index is 576. The highest BCUT2D eigenvalue weighted by Crippen LogP contribution is 2.36. The lowest BCUT2D eigenvalue weighted by Gasteiger charge is -2.21. The van der Waals surface area contributed by atoms with E-state index >= 15 is 0 Å². The van der Waals surface area contributed by atoms with Crippen LogP contribution in [0.5, 0.6) is 0 Å². The molecule has 0 saturated heterocycles. The van der Waals surface area contributed by atoms with Gasteiger partial charge in [0.2, 0.25) is 0 Å². The molecule has 2 aromatic rings. The van der Waals surface area contributed by atoms with E-state index in [2.05, 4.69) is 34.2 Å². The number of aryl methyl sites for hydroxylation is 1. The summed E-state index contributed by atoms with van der Waals surface area (Å²) >= 11 is 0. The first-order chi connectivity index (χ1) is 9.20. The Labute approximate surface area is 113 Å². The SMILES string of the molecule is CCC1CCC(Nc2ncnc3c2cnn3C)C1C. The summed E-state index contributed by atoms with van der Waals surface area (Å²) in [5, 5.41) is 8.87. The van der Waals surface area contributed by atoms with Crippen LogP contribution >= 0.6 is 0 Å². The fraction of sp³-hybridized carbons (Fsp3) is 0.643. The van der Waals surface area contributed by atoms with Crippen LogP contribution in [0.1, 0.15) is 33.1 Å². The number of hydrogen-bond donors (Lipinski definition) is 1. The standard InChI is InChI=1S/C14H21N5/c1-4-10-5-6-12(9(10)2)18-13-11-7-17-19(3)14(11)16-8-15-13/h7-10,12H,4-6H2,1-3H3,(H,15,16,18). The average molecular weight is 259 g/mol. The molecule has 0 spiro atoms. The summed E-state index contributed by atoms with van der Waals surface area (Å²) in [7, 11) is 1.91. The van der Waals surface area contributed by atoms with Crippen molar-refractivity contribution in [1.29, 1.82) is 0 Å². The predicted octanol–water partition coefficient (Wildman–Crippen LogP) is 2.60. The molecule has 102 valence electrons. The van der Waals surface area contributed by atoms with Gasteiger partial charge < -0.3 is 5.32 Å². The van der Waals surface area contributed by atoms with Crippen LogP contribution in [-0.2, 0) is 7.05 Å². The molecule has 0 amide bonds. The summed E-state index contributed by atoms with van der Waals surface area (Å²) in [5.74, 6) is 2.46. The molecule has 1 aliphatic carbocycles. The zero-order chi connectivity index (χ0) is 13.4. The minimum absolute atomic E-state index is 0.517. The van der Waals surface area contributed by atoms with Crippen molar-refractivity contribution >= 4 is 16.9 Å². The maximum absolute atomic E-state index is 4.39. The van der Waals surface area contributed by atoms with Gasteiger partial charge in [0.15, 0.2) is 5.65 Å². The molecule has 3 unspecified atom stereocenters. The molecule has 0 aromatic carbocycles. The van der Waals surface area contributed by atoms with E-state index in [1.807, 2.05) is 13.2 Å². The number of fused-ring (bicyclic) bond motifs is 1.